The van der Waals surface area contributed by atoms with Gasteiger partial charge in [-0.25, -0.2) is 9.97 Å². The van der Waals surface area contributed by atoms with E-state index in [1.165, 1.54) is 7.11 Å². The number of piperidine rings is 1. The van der Waals surface area contributed by atoms with Crippen LogP contribution >= 0.6 is 0 Å². The van der Waals surface area contributed by atoms with Crippen LogP contribution in [0.5, 0.6) is 0 Å². The van der Waals surface area contributed by atoms with E-state index < -0.39 is 5.41 Å². The van der Waals surface area contributed by atoms with Crippen LogP contribution in [0.1, 0.15) is 32.3 Å². The Labute approximate surface area is 143 Å². The number of benzene rings is 1. The molecular formula is C19H25N3O2. The molecule has 24 heavy (non-hydrogen) atoms. The Hall–Kier alpha value is -2.17. The van der Waals surface area contributed by atoms with Gasteiger partial charge >= 0.3 is 5.97 Å². The van der Waals surface area contributed by atoms with E-state index in [4.69, 9.17) is 4.74 Å². The molecule has 0 N–H and O–H groups in total. The zero-order valence-corrected chi connectivity index (χ0v) is 14.9. The number of anilines is 1. The minimum atomic E-state index is -0.494. The molecule has 0 saturated carbocycles. The maximum absolute atomic E-state index is 12.2. The largest absolute Gasteiger partial charge is 0.469 e. The molecule has 0 spiro atoms. The summed E-state index contributed by atoms with van der Waals surface area (Å²) in [5.41, 5.74) is 1.66. The van der Waals surface area contributed by atoms with E-state index in [2.05, 4.69) is 33.9 Å². The van der Waals surface area contributed by atoms with Crippen LogP contribution in [0.2, 0.25) is 0 Å². The molecule has 1 atom stereocenters. The van der Waals surface area contributed by atoms with Crippen molar-refractivity contribution < 1.29 is 9.53 Å². The van der Waals surface area contributed by atoms with Gasteiger partial charge in [-0.15, -0.1) is 0 Å². The van der Waals surface area contributed by atoms with Gasteiger partial charge in [0.1, 0.15) is 12.1 Å². The van der Waals surface area contributed by atoms with Crippen molar-refractivity contribution in [3.05, 3.63) is 30.1 Å². The first kappa shape index (κ1) is 16.7. The van der Waals surface area contributed by atoms with Gasteiger partial charge in [0.05, 0.1) is 18.0 Å². The predicted octanol–water partition coefficient (Wildman–Crippen LogP) is 3.35. The molecule has 3 rings (SSSR count). The maximum Gasteiger partial charge on any atom is 0.311 e. The second kappa shape index (κ2) is 6.38. The number of nitrogens with zero attached hydrogens (tertiary/aromatic N) is 3. The summed E-state index contributed by atoms with van der Waals surface area (Å²) >= 11 is 0. The van der Waals surface area contributed by atoms with E-state index >= 15 is 0 Å². The normalized spacial score (nSPS) is 18.7. The van der Waals surface area contributed by atoms with Crippen molar-refractivity contribution in [1.82, 2.24) is 9.97 Å². The quantitative estimate of drug-likeness (QED) is 0.809. The molecule has 1 aromatic heterocycles. The number of carbonyl (C=O) groups is 1. The average Bonchev–Trinajstić information content (AvgIpc) is 2.61. The number of aromatic nitrogens is 2. The molecule has 0 radical (unpaired) electrons. The predicted molar refractivity (Wildman–Crippen MR) is 95.0 cm³/mol. The molecule has 2 heterocycles. The fourth-order valence-corrected chi connectivity index (χ4v) is 3.66. The van der Waals surface area contributed by atoms with Gasteiger partial charge in [0.2, 0.25) is 0 Å². The number of esters is 1. The molecule has 1 unspecified atom stereocenters. The van der Waals surface area contributed by atoms with Crippen LogP contribution in [0, 0.1) is 18.3 Å². The first-order valence-corrected chi connectivity index (χ1v) is 8.49. The maximum atomic E-state index is 12.2. The number of fused-ring (bicyclic) bond motifs is 1. The van der Waals surface area contributed by atoms with Crippen LogP contribution in [-0.2, 0) is 9.53 Å². The minimum Gasteiger partial charge on any atom is -0.469 e. The average molecular weight is 327 g/mol. The lowest BCUT2D eigenvalue weighted by atomic mass is 9.74. The van der Waals surface area contributed by atoms with Crippen LogP contribution in [0.4, 0.5) is 5.82 Å². The van der Waals surface area contributed by atoms with Crippen molar-refractivity contribution in [2.45, 2.75) is 33.6 Å². The molecule has 1 aliphatic rings. The van der Waals surface area contributed by atoms with Gasteiger partial charge in [0.25, 0.3) is 0 Å². The first-order chi connectivity index (χ1) is 11.4. The molecule has 2 aromatic rings. The topological polar surface area (TPSA) is 55.3 Å². The van der Waals surface area contributed by atoms with Crippen LogP contribution in [0.25, 0.3) is 10.9 Å². The molecule has 5 heteroatoms. The number of ether oxygens (including phenoxy) is 1. The third-order valence-corrected chi connectivity index (χ3v) is 5.30. The third-order valence-electron chi connectivity index (χ3n) is 5.30. The van der Waals surface area contributed by atoms with E-state index in [0.717, 1.165) is 48.2 Å². The Kier molecular flexibility index (Phi) is 4.43. The summed E-state index contributed by atoms with van der Waals surface area (Å²) in [6.07, 6.45) is 3.71. The zero-order chi connectivity index (χ0) is 17.3. The monoisotopic (exact) mass is 327 g/mol. The zero-order valence-electron chi connectivity index (χ0n) is 14.9. The van der Waals surface area contributed by atoms with E-state index in [9.17, 15) is 4.79 Å². The molecule has 0 aliphatic carbocycles. The Bertz CT molecular complexity index is 757. The molecular weight excluding hydrogens is 302 g/mol. The molecule has 128 valence electrons. The van der Waals surface area contributed by atoms with Crippen molar-refractivity contribution in [3.8, 4) is 0 Å². The molecule has 1 aliphatic heterocycles. The summed E-state index contributed by atoms with van der Waals surface area (Å²) in [5, 5.41) is 1.08. The summed E-state index contributed by atoms with van der Waals surface area (Å²) in [6, 6.07) is 6.19. The highest BCUT2D eigenvalue weighted by Gasteiger charge is 2.40. The van der Waals surface area contributed by atoms with Gasteiger partial charge in [-0.05, 0) is 51.2 Å². The van der Waals surface area contributed by atoms with Crippen LogP contribution in [-0.4, -0.2) is 36.1 Å². The minimum absolute atomic E-state index is 0.141. The second-order valence-corrected chi connectivity index (χ2v) is 7.17. The lowest BCUT2D eigenvalue weighted by Crippen LogP contribution is -2.45. The molecule has 0 bridgehead atoms. The van der Waals surface area contributed by atoms with E-state index in [0.29, 0.717) is 0 Å². The summed E-state index contributed by atoms with van der Waals surface area (Å²) in [6.45, 7) is 7.79. The van der Waals surface area contributed by atoms with Gasteiger partial charge in [-0.3, -0.25) is 4.79 Å². The van der Waals surface area contributed by atoms with Gasteiger partial charge in [0, 0.05) is 18.5 Å². The summed E-state index contributed by atoms with van der Waals surface area (Å²) in [4.78, 5) is 23.4. The summed E-state index contributed by atoms with van der Waals surface area (Å²) in [7, 11) is 1.46. The fourth-order valence-electron chi connectivity index (χ4n) is 3.66. The Morgan fingerprint density at radius 3 is 2.88 bits per heavy atom. The van der Waals surface area contributed by atoms with E-state index in [1.54, 1.807) is 6.33 Å². The number of hydrogen-bond donors (Lipinski definition) is 0. The van der Waals surface area contributed by atoms with Crippen LogP contribution in [0.3, 0.4) is 0 Å². The molecule has 1 fully saturated rings. The Morgan fingerprint density at radius 2 is 2.12 bits per heavy atom. The SMILES string of the molecule is COC(=O)C(C)(C)C1CCCN(c2ncnc3c(C)cccc23)C1. The van der Waals surface area contributed by atoms with Crippen molar-refractivity contribution in [1.29, 1.82) is 0 Å². The first-order valence-electron chi connectivity index (χ1n) is 8.49. The molecule has 1 aromatic carbocycles. The van der Waals surface area contributed by atoms with Crippen LogP contribution < -0.4 is 4.90 Å². The van der Waals surface area contributed by atoms with Crippen molar-refractivity contribution in [3.63, 3.8) is 0 Å². The fraction of sp³-hybridized carbons (Fsp3) is 0.526. The molecule has 5 nitrogen and oxygen atoms in total. The van der Waals surface area contributed by atoms with Crippen molar-refractivity contribution in [2.24, 2.45) is 11.3 Å². The molecule has 0 amide bonds. The van der Waals surface area contributed by atoms with Gasteiger partial charge in [0.15, 0.2) is 0 Å². The Morgan fingerprint density at radius 1 is 1.33 bits per heavy atom. The van der Waals surface area contributed by atoms with E-state index in [1.807, 2.05) is 19.9 Å². The third kappa shape index (κ3) is 2.83. The standard InChI is InChI=1S/C19H25N3O2/c1-13-7-5-9-15-16(13)20-12-21-17(15)22-10-6-8-14(11-22)19(2,3)18(23)24-4/h5,7,9,12,14H,6,8,10-11H2,1-4H3. The van der Waals surface area contributed by atoms with Crippen molar-refractivity contribution >= 4 is 22.7 Å². The smallest absolute Gasteiger partial charge is 0.311 e. The summed E-state index contributed by atoms with van der Waals surface area (Å²) in [5.74, 6) is 1.07. The van der Waals surface area contributed by atoms with Gasteiger partial charge < -0.3 is 9.64 Å². The Balaban J connectivity index is 1.94. The number of rotatable bonds is 3. The molecule has 1 saturated heterocycles. The number of para-hydroxylation sites is 1. The highest BCUT2D eigenvalue weighted by atomic mass is 16.5. The van der Waals surface area contributed by atoms with Crippen LogP contribution in [0.15, 0.2) is 24.5 Å². The highest BCUT2D eigenvalue weighted by Crippen LogP contribution is 2.37. The van der Waals surface area contributed by atoms with E-state index in [-0.39, 0.29) is 11.9 Å². The highest BCUT2D eigenvalue weighted by molar-refractivity contribution is 5.91. The number of aryl methyl sites for hydroxylation is 1. The van der Waals surface area contributed by atoms with Gasteiger partial charge in [-0.1, -0.05) is 12.1 Å². The number of hydrogen-bond acceptors (Lipinski definition) is 5. The number of methoxy groups -OCH3 is 1. The number of carbonyl (C=O) groups excluding carboxylic acids is 1. The lowest BCUT2D eigenvalue weighted by Gasteiger charge is -2.40. The second-order valence-electron chi connectivity index (χ2n) is 7.17. The summed E-state index contributed by atoms with van der Waals surface area (Å²) < 4.78 is 5.01. The van der Waals surface area contributed by atoms with Crippen molar-refractivity contribution in [2.75, 3.05) is 25.1 Å². The van der Waals surface area contributed by atoms with Gasteiger partial charge in [-0.2, -0.15) is 0 Å². The lowest BCUT2D eigenvalue weighted by molar-refractivity contribution is -0.154.